The van der Waals surface area contributed by atoms with Crippen molar-refractivity contribution >= 4 is 39.9 Å². The lowest BCUT2D eigenvalue weighted by Gasteiger charge is -2.43. The van der Waals surface area contributed by atoms with Gasteiger partial charge in [0.1, 0.15) is 11.3 Å². The number of anilines is 1. The Labute approximate surface area is 220 Å². The monoisotopic (exact) mass is 528 g/mol. The molecule has 0 radical (unpaired) electrons. The molecule has 1 aromatic carbocycles. The second kappa shape index (κ2) is 9.15. The topological polar surface area (TPSA) is 87.0 Å². The number of rotatable bonds is 5. The van der Waals surface area contributed by atoms with E-state index in [0.29, 0.717) is 36.9 Å². The number of methoxy groups -OCH3 is 1. The first-order valence-corrected chi connectivity index (χ1v) is 13.7. The molecule has 0 amide bonds. The lowest BCUT2D eigenvalue weighted by atomic mass is 9.95. The smallest absolute Gasteiger partial charge is 0.341 e. The van der Waals surface area contributed by atoms with E-state index in [2.05, 4.69) is 17.1 Å². The molecular weight excluding hydrogens is 495 g/mol. The van der Waals surface area contributed by atoms with Crippen LogP contribution in [-0.2, 0) is 0 Å². The zero-order valence-electron chi connectivity index (χ0n) is 21.2. The van der Waals surface area contributed by atoms with E-state index in [0.717, 1.165) is 29.8 Å². The Balaban J connectivity index is 1.30. The quantitative estimate of drug-likeness (QED) is 0.568. The second-order valence-corrected chi connectivity index (χ2v) is 11.6. The zero-order chi connectivity index (χ0) is 26.0. The number of halogens is 1. The molecule has 37 heavy (non-hydrogen) atoms. The molecule has 3 saturated carbocycles. The SMILES string of the molecule is COc1c(N2CCN(C(=S)N[C@@H]3C[C@H]4CC[C@@H]3C4)[C@@H](C)C2)c(F)cc2c(=O)c(C(=O)O)cn(C3CC3)c12. The summed E-state index contributed by atoms with van der Waals surface area (Å²) in [6.45, 7) is 3.81. The molecule has 2 bridgehead atoms. The molecule has 4 aliphatic rings. The van der Waals surface area contributed by atoms with Crippen LogP contribution in [0.3, 0.4) is 0 Å². The summed E-state index contributed by atoms with van der Waals surface area (Å²) in [5.41, 5.74) is -0.281. The van der Waals surface area contributed by atoms with Gasteiger partial charge in [-0.1, -0.05) is 6.42 Å². The molecule has 6 rings (SSSR count). The maximum Gasteiger partial charge on any atom is 0.341 e. The minimum atomic E-state index is -1.32. The van der Waals surface area contributed by atoms with E-state index in [1.54, 1.807) is 4.57 Å². The molecule has 8 nitrogen and oxygen atoms in total. The molecule has 0 spiro atoms. The number of ether oxygens (including phenoxy) is 1. The van der Waals surface area contributed by atoms with Gasteiger partial charge in [-0.2, -0.15) is 0 Å². The van der Waals surface area contributed by atoms with Crippen LogP contribution in [0.2, 0.25) is 0 Å². The summed E-state index contributed by atoms with van der Waals surface area (Å²) in [5.74, 6) is -0.0672. The van der Waals surface area contributed by atoms with Crippen molar-refractivity contribution < 1.29 is 19.0 Å². The molecule has 10 heteroatoms. The maximum absolute atomic E-state index is 15.7. The fourth-order valence-corrected chi connectivity index (χ4v) is 7.27. The lowest BCUT2D eigenvalue weighted by molar-refractivity contribution is 0.0694. The van der Waals surface area contributed by atoms with Crippen LogP contribution >= 0.6 is 12.2 Å². The normalized spacial score (nSPS) is 27.1. The Morgan fingerprint density at radius 2 is 2.00 bits per heavy atom. The number of hydrogen-bond donors (Lipinski definition) is 2. The molecular formula is C27H33FN4O4S. The highest BCUT2D eigenvalue weighted by atomic mass is 32.1. The van der Waals surface area contributed by atoms with Crippen molar-refractivity contribution in [3.63, 3.8) is 0 Å². The molecule has 2 N–H and O–H groups in total. The van der Waals surface area contributed by atoms with Crippen molar-refractivity contribution in [3.8, 4) is 5.75 Å². The van der Waals surface area contributed by atoms with Gasteiger partial charge in [0.15, 0.2) is 16.7 Å². The maximum atomic E-state index is 15.7. The second-order valence-electron chi connectivity index (χ2n) is 11.2. The minimum absolute atomic E-state index is 0.0350. The van der Waals surface area contributed by atoms with Crippen molar-refractivity contribution in [2.75, 3.05) is 31.6 Å². The number of fused-ring (bicyclic) bond motifs is 3. The fraction of sp³-hybridized carbons (Fsp3) is 0.593. The van der Waals surface area contributed by atoms with E-state index >= 15 is 4.39 Å². The third-order valence-electron chi connectivity index (χ3n) is 8.82. The van der Waals surface area contributed by atoms with Crippen molar-refractivity contribution in [3.05, 3.63) is 33.9 Å². The summed E-state index contributed by atoms with van der Waals surface area (Å²) in [5, 5.41) is 14.0. The van der Waals surface area contributed by atoms with Crippen LogP contribution in [0.1, 0.15) is 61.8 Å². The van der Waals surface area contributed by atoms with Crippen LogP contribution in [0.25, 0.3) is 10.9 Å². The first-order chi connectivity index (χ1) is 17.8. The van der Waals surface area contributed by atoms with Gasteiger partial charge in [-0.15, -0.1) is 0 Å². The summed E-state index contributed by atoms with van der Waals surface area (Å²) in [6.07, 6.45) is 8.27. The summed E-state index contributed by atoms with van der Waals surface area (Å²) < 4.78 is 23.2. The fourth-order valence-electron chi connectivity index (χ4n) is 6.85. The van der Waals surface area contributed by atoms with Gasteiger partial charge >= 0.3 is 5.97 Å². The molecule has 2 heterocycles. The van der Waals surface area contributed by atoms with Crippen LogP contribution < -0.4 is 20.4 Å². The summed E-state index contributed by atoms with van der Waals surface area (Å²) in [4.78, 5) is 28.8. The highest BCUT2D eigenvalue weighted by molar-refractivity contribution is 7.80. The van der Waals surface area contributed by atoms with Crippen LogP contribution in [0.5, 0.6) is 5.75 Å². The molecule has 4 atom stereocenters. The Hall–Kier alpha value is -2.88. The highest BCUT2D eigenvalue weighted by Gasteiger charge is 2.41. The van der Waals surface area contributed by atoms with Gasteiger partial charge in [0.2, 0.25) is 5.43 Å². The Morgan fingerprint density at radius 3 is 2.59 bits per heavy atom. The number of aromatic nitrogens is 1. The van der Waals surface area contributed by atoms with Gasteiger partial charge in [0, 0.05) is 44.0 Å². The average Bonchev–Trinajstić information content (AvgIpc) is 3.50. The van der Waals surface area contributed by atoms with Crippen molar-refractivity contribution in [1.29, 1.82) is 0 Å². The van der Waals surface area contributed by atoms with E-state index in [4.69, 9.17) is 17.0 Å². The molecule has 2 aromatic rings. The predicted octanol–water partition coefficient (Wildman–Crippen LogP) is 3.76. The number of thiocarbonyl (C=S) groups is 1. The Kier molecular flexibility index (Phi) is 6.05. The number of pyridine rings is 1. The van der Waals surface area contributed by atoms with Crippen LogP contribution in [0, 0.1) is 17.7 Å². The van der Waals surface area contributed by atoms with Crippen molar-refractivity contribution in [2.24, 2.45) is 11.8 Å². The van der Waals surface area contributed by atoms with Gasteiger partial charge in [-0.05, 0) is 69.1 Å². The van der Waals surface area contributed by atoms with E-state index < -0.39 is 17.2 Å². The molecule has 3 aliphatic carbocycles. The molecule has 4 fully saturated rings. The average molecular weight is 529 g/mol. The van der Waals surface area contributed by atoms with E-state index in [1.165, 1.54) is 45.1 Å². The van der Waals surface area contributed by atoms with Crippen molar-refractivity contribution in [1.82, 2.24) is 14.8 Å². The third kappa shape index (κ3) is 4.13. The Bertz CT molecular complexity index is 1340. The number of nitrogens with one attached hydrogen (secondary N) is 1. The van der Waals surface area contributed by atoms with Crippen molar-refractivity contribution in [2.45, 2.75) is 63.6 Å². The lowest BCUT2D eigenvalue weighted by Crippen LogP contribution is -2.58. The van der Waals surface area contributed by atoms with Gasteiger partial charge in [-0.3, -0.25) is 4.79 Å². The molecule has 1 saturated heterocycles. The third-order valence-corrected chi connectivity index (χ3v) is 9.18. The first kappa shape index (κ1) is 24.5. The molecule has 1 aromatic heterocycles. The van der Waals surface area contributed by atoms with Gasteiger partial charge in [-0.25, -0.2) is 9.18 Å². The van der Waals surface area contributed by atoms with E-state index in [-0.39, 0.29) is 28.8 Å². The number of carboxylic acids is 1. The van der Waals surface area contributed by atoms with E-state index in [1.807, 2.05) is 4.90 Å². The predicted molar refractivity (Wildman–Crippen MR) is 143 cm³/mol. The van der Waals surface area contributed by atoms with Crippen LogP contribution in [0.4, 0.5) is 10.1 Å². The van der Waals surface area contributed by atoms with Crippen LogP contribution in [0.15, 0.2) is 17.1 Å². The van der Waals surface area contributed by atoms with E-state index in [9.17, 15) is 14.7 Å². The van der Waals surface area contributed by atoms with Gasteiger partial charge < -0.3 is 29.5 Å². The number of hydrogen-bond acceptors (Lipinski definition) is 5. The minimum Gasteiger partial charge on any atom is -0.492 e. The number of aromatic carboxylic acids is 1. The molecule has 198 valence electrons. The van der Waals surface area contributed by atoms with Gasteiger partial charge in [0.25, 0.3) is 0 Å². The number of piperazine rings is 1. The standard InChI is InChI=1S/C27H33FN4O4S/c1-14-12-30(7-8-31(14)27(37)29-21-10-15-3-4-16(21)9-15)23-20(28)11-18-22(25(23)36-2)32(17-5-6-17)13-19(24(18)33)26(34)35/h11,13-17,21H,3-10,12H2,1-2H3,(H,29,37)(H,34,35)/t14-,15-,16+,21+/m0/s1. The van der Waals surface area contributed by atoms with Crippen LogP contribution in [-0.4, -0.2) is 64.5 Å². The number of carbonyl (C=O) groups is 1. The summed E-state index contributed by atoms with van der Waals surface area (Å²) in [6, 6.07) is 1.76. The summed E-state index contributed by atoms with van der Waals surface area (Å²) in [7, 11) is 1.47. The highest BCUT2D eigenvalue weighted by Crippen LogP contribution is 2.45. The number of carboxylic acid groups (broad SMARTS) is 1. The Morgan fingerprint density at radius 1 is 1.22 bits per heavy atom. The van der Waals surface area contributed by atoms with Gasteiger partial charge in [0.05, 0.1) is 18.0 Å². The largest absolute Gasteiger partial charge is 0.492 e. The number of benzene rings is 1. The molecule has 0 unspecified atom stereocenters. The molecule has 1 aliphatic heterocycles. The zero-order valence-corrected chi connectivity index (χ0v) is 22.0. The first-order valence-electron chi connectivity index (χ1n) is 13.3. The summed E-state index contributed by atoms with van der Waals surface area (Å²) >= 11 is 5.81. The number of nitrogens with zero attached hydrogens (tertiary/aromatic N) is 3.